The van der Waals surface area contributed by atoms with Crippen molar-refractivity contribution in [2.24, 2.45) is 0 Å². The second-order valence-corrected chi connectivity index (χ2v) is 5.62. The molecule has 0 fully saturated rings. The van der Waals surface area contributed by atoms with E-state index in [1.54, 1.807) is 20.3 Å². The van der Waals surface area contributed by atoms with E-state index >= 15 is 0 Å². The third-order valence-corrected chi connectivity index (χ3v) is 3.95. The van der Waals surface area contributed by atoms with Crippen molar-refractivity contribution in [3.8, 4) is 11.5 Å². The highest BCUT2D eigenvalue weighted by Gasteiger charge is 2.15. The first-order valence-electron chi connectivity index (χ1n) is 6.55. The summed E-state index contributed by atoms with van der Waals surface area (Å²) in [5.41, 5.74) is 2.60. The second kappa shape index (κ2) is 6.76. The van der Waals surface area contributed by atoms with Crippen molar-refractivity contribution in [1.82, 2.24) is 0 Å². The number of Topliss-reactive ketones (excluding diaryl/α,β-unsaturated/α-hetero) is 1. The molecule has 4 heteroatoms. The fraction of sp³-hybridized carbons (Fsp3) is 0.235. The Labute approximate surface area is 133 Å². The Bertz CT molecular complexity index is 665. The van der Waals surface area contributed by atoms with Gasteiger partial charge in [-0.25, -0.2) is 0 Å². The Kier molecular flexibility index (Phi) is 5.02. The highest BCUT2D eigenvalue weighted by atomic mass is 79.9. The molecule has 3 nitrogen and oxygen atoms in total. The molecule has 0 aromatic heterocycles. The first-order chi connectivity index (χ1) is 10.0. The third-order valence-electron chi connectivity index (χ3n) is 3.26. The number of carbonyl (C=O) groups is 1. The zero-order chi connectivity index (χ0) is 15.4. The van der Waals surface area contributed by atoms with E-state index in [-0.39, 0.29) is 12.2 Å². The van der Waals surface area contributed by atoms with Gasteiger partial charge in [-0.15, -0.1) is 0 Å². The Balaban J connectivity index is 2.32. The number of rotatable bonds is 5. The summed E-state index contributed by atoms with van der Waals surface area (Å²) in [7, 11) is 3.20. The summed E-state index contributed by atoms with van der Waals surface area (Å²) in [5.74, 6) is 1.41. The lowest BCUT2D eigenvalue weighted by Gasteiger charge is -2.10. The molecular formula is C17H17BrO3. The minimum atomic E-state index is 0.0182. The van der Waals surface area contributed by atoms with Crippen molar-refractivity contribution in [2.75, 3.05) is 14.2 Å². The summed E-state index contributed by atoms with van der Waals surface area (Å²) < 4.78 is 11.3. The molecule has 0 bridgehead atoms. The molecule has 0 amide bonds. The molecule has 0 saturated carbocycles. The molecule has 0 aliphatic rings. The molecule has 0 unspecified atom stereocenters. The largest absolute Gasteiger partial charge is 0.497 e. The van der Waals surface area contributed by atoms with Gasteiger partial charge in [0.15, 0.2) is 5.78 Å². The van der Waals surface area contributed by atoms with E-state index in [4.69, 9.17) is 9.47 Å². The lowest BCUT2D eigenvalue weighted by Crippen LogP contribution is -2.06. The van der Waals surface area contributed by atoms with Crippen LogP contribution in [0.25, 0.3) is 0 Å². The van der Waals surface area contributed by atoms with Crippen LogP contribution in [-0.4, -0.2) is 20.0 Å². The quantitative estimate of drug-likeness (QED) is 0.759. The summed E-state index contributed by atoms with van der Waals surface area (Å²) in [5, 5.41) is 0. The molecule has 0 N–H and O–H groups in total. The van der Waals surface area contributed by atoms with E-state index in [1.807, 2.05) is 37.3 Å². The number of halogens is 1. The standard InChI is InChI=1S/C17H17BrO3/c1-11-4-7-17(21-3)12(8-11)9-16(19)14-10-13(20-2)5-6-15(14)18/h4-8,10H,9H2,1-3H3. The lowest BCUT2D eigenvalue weighted by molar-refractivity contribution is 0.0991. The van der Waals surface area contributed by atoms with E-state index in [1.165, 1.54) is 0 Å². The van der Waals surface area contributed by atoms with E-state index in [9.17, 15) is 4.79 Å². The van der Waals surface area contributed by atoms with Crippen molar-refractivity contribution in [3.63, 3.8) is 0 Å². The maximum atomic E-state index is 12.5. The first-order valence-corrected chi connectivity index (χ1v) is 7.34. The molecule has 0 heterocycles. The third kappa shape index (κ3) is 3.64. The minimum Gasteiger partial charge on any atom is -0.497 e. The summed E-state index contributed by atoms with van der Waals surface area (Å²) in [6.45, 7) is 1.99. The Morgan fingerprint density at radius 2 is 1.86 bits per heavy atom. The highest BCUT2D eigenvalue weighted by molar-refractivity contribution is 9.10. The van der Waals surface area contributed by atoms with Gasteiger partial charge >= 0.3 is 0 Å². The van der Waals surface area contributed by atoms with Gasteiger partial charge in [0.05, 0.1) is 14.2 Å². The molecule has 0 saturated heterocycles. The predicted molar refractivity (Wildman–Crippen MR) is 86.5 cm³/mol. The van der Waals surface area contributed by atoms with Gasteiger partial charge in [-0.2, -0.15) is 0 Å². The molecule has 0 spiro atoms. The minimum absolute atomic E-state index is 0.0182. The van der Waals surface area contributed by atoms with E-state index in [0.29, 0.717) is 11.3 Å². The molecular weight excluding hydrogens is 332 g/mol. The number of carbonyl (C=O) groups excluding carboxylic acids is 1. The van der Waals surface area contributed by atoms with Crippen LogP contribution in [0.2, 0.25) is 0 Å². The fourth-order valence-electron chi connectivity index (χ4n) is 2.16. The smallest absolute Gasteiger partial charge is 0.168 e. The number of methoxy groups -OCH3 is 2. The topological polar surface area (TPSA) is 35.5 Å². The van der Waals surface area contributed by atoms with Crippen molar-refractivity contribution in [2.45, 2.75) is 13.3 Å². The number of ketones is 1. The van der Waals surface area contributed by atoms with Gasteiger partial charge in [-0.05, 0) is 31.2 Å². The Hall–Kier alpha value is -1.81. The van der Waals surface area contributed by atoms with Crippen molar-refractivity contribution < 1.29 is 14.3 Å². The lowest BCUT2D eigenvalue weighted by atomic mass is 10.0. The first kappa shape index (κ1) is 15.6. The maximum Gasteiger partial charge on any atom is 0.168 e. The van der Waals surface area contributed by atoms with Crippen molar-refractivity contribution >= 4 is 21.7 Å². The summed E-state index contributed by atoms with van der Waals surface area (Å²) in [6.07, 6.45) is 0.288. The predicted octanol–water partition coefficient (Wildman–Crippen LogP) is 4.20. The van der Waals surface area contributed by atoms with Gasteiger partial charge in [0.2, 0.25) is 0 Å². The Morgan fingerprint density at radius 3 is 2.52 bits per heavy atom. The van der Waals surface area contributed by atoms with Crippen LogP contribution in [0.1, 0.15) is 21.5 Å². The molecule has 21 heavy (non-hydrogen) atoms. The zero-order valence-electron chi connectivity index (χ0n) is 12.3. The van der Waals surface area contributed by atoms with Crippen LogP contribution in [0.5, 0.6) is 11.5 Å². The van der Waals surface area contributed by atoms with Crippen LogP contribution < -0.4 is 9.47 Å². The summed E-state index contributed by atoms with van der Waals surface area (Å²) in [4.78, 5) is 12.5. The molecule has 0 radical (unpaired) electrons. The van der Waals surface area contributed by atoms with Gasteiger partial charge in [-0.1, -0.05) is 33.6 Å². The van der Waals surface area contributed by atoms with Crippen molar-refractivity contribution in [1.29, 1.82) is 0 Å². The van der Waals surface area contributed by atoms with Crippen LogP contribution in [-0.2, 0) is 6.42 Å². The number of aryl methyl sites for hydroxylation is 1. The van der Waals surface area contributed by atoms with Crippen molar-refractivity contribution in [3.05, 3.63) is 57.6 Å². The maximum absolute atomic E-state index is 12.5. The Morgan fingerprint density at radius 1 is 1.10 bits per heavy atom. The van der Waals surface area contributed by atoms with Gasteiger partial charge in [0.1, 0.15) is 11.5 Å². The normalized spacial score (nSPS) is 10.3. The molecule has 0 aliphatic heterocycles. The van der Waals surface area contributed by atoms with E-state index in [0.717, 1.165) is 21.3 Å². The van der Waals surface area contributed by atoms with Gasteiger partial charge in [-0.3, -0.25) is 4.79 Å². The zero-order valence-corrected chi connectivity index (χ0v) is 13.9. The number of hydrogen-bond donors (Lipinski definition) is 0. The number of ether oxygens (including phenoxy) is 2. The van der Waals surface area contributed by atoms with Crippen LogP contribution in [0, 0.1) is 6.92 Å². The monoisotopic (exact) mass is 348 g/mol. The average Bonchev–Trinajstić information content (AvgIpc) is 2.48. The van der Waals surface area contributed by atoms with Gasteiger partial charge in [0, 0.05) is 22.0 Å². The van der Waals surface area contributed by atoms with Gasteiger partial charge < -0.3 is 9.47 Å². The highest BCUT2D eigenvalue weighted by Crippen LogP contribution is 2.26. The molecule has 2 aromatic carbocycles. The van der Waals surface area contributed by atoms with E-state index < -0.39 is 0 Å². The SMILES string of the molecule is COc1ccc(Br)c(C(=O)Cc2cc(C)ccc2OC)c1. The molecule has 2 rings (SSSR count). The molecule has 0 aliphatic carbocycles. The number of hydrogen-bond acceptors (Lipinski definition) is 3. The molecule has 0 atom stereocenters. The fourth-order valence-corrected chi connectivity index (χ4v) is 2.63. The van der Waals surface area contributed by atoms with Gasteiger partial charge in [0.25, 0.3) is 0 Å². The second-order valence-electron chi connectivity index (χ2n) is 4.76. The van der Waals surface area contributed by atoms with Crippen LogP contribution in [0.15, 0.2) is 40.9 Å². The van der Waals surface area contributed by atoms with Crippen LogP contribution >= 0.6 is 15.9 Å². The number of benzene rings is 2. The van der Waals surface area contributed by atoms with Crippen LogP contribution in [0.3, 0.4) is 0 Å². The average molecular weight is 349 g/mol. The molecule has 2 aromatic rings. The summed E-state index contributed by atoms with van der Waals surface area (Å²) in [6, 6.07) is 11.2. The molecule has 110 valence electrons. The summed E-state index contributed by atoms with van der Waals surface area (Å²) >= 11 is 3.42. The van der Waals surface area contributed by atoms with E-state index in [2.05, 4.69) is 15.9 Å². The van der Waals surface area contributed by atoms with Crippen LogP contribution in [0.4, 0.5) is 0 Å².